The molecule has 0 heterocycles. The number of aliphatic hydroxyl groups is 4. The predicted molar refractivity (Wildman–Crippen MR) is 127 cm³/mol. The summed E-state index contributed by atoms with van der Waals surface area (Å²) in [4.78, 5) is 39.8. The van der Waals surface area contributed by atoms with Gasteiger partial charge < -0.3 is 25.5 Å². The number of ketones is 3. The number of Topliss-reactive ketones (excluding diaryl/α,β-unsaturated/α-hetero) is 3. The van der Waals surface area contributed by atoms with Crippen LogP contribution in [0.5, 0.6) is 5.75 Å². The molecule has 35 heavy (non-hydrogen) atoms. The number of aliphatic hydroxyl groups excluding tert-OH is 3. The lowest BCUT2D eigenvalue weighted by Gasteiger charge is -2.62. The summed E-state index contributed by atoms with van der Waals surface area (Å²) in [6, 6.07) is 2.90. The van der Waals surface area contributed by atoms with E-state index in [1.807, 2.05) is 0 Å². The Labute approximate surface area is 202 Å². The van der Waals surface area contributed by atoms with Crippen LogP contribution in [0.4, 0.5) is 0 Å². The normalized spacial score (nSPS) is 34.7. The van der Waals surface area contributed by atoms with Gasteiger partial charge in [0, 0.05) is 11.3 Å². The molecular weight excluding hydrogens is 452 g/mol. The number of hydrogen-bond acceptors (Lipinski definition) is 8. The highest BCUT2D eigenvalue weighted by Crippen LogP contribution is 2.67. The van der Waals surface area contributed by atoms with Crippen LogP contribution in [0.3, 0.4) is 0 Å². The first-order valence-corrected chi connectivity index (χ1v) is 11.4. The Bertz CT molecular complexity index is 1310. The van der Waals surface area contributed by atoms with Crippen molar-refractivity contribution in [1.82, 2.24) is 0 Å². The third-order valence-corrected chi connectivity index (χ3v) is 8.54. The highest BCUT2D eigenvalue weighted by atomic mass is 16.4. The van der Waals surface area contributed by atoms with E-state index in [4.69, 9.17) is 0 Å². The topological polar surface area (TPSA) is 152 Å². The second-order valence-corrected chi connectivity index (χ2v) is 10.6. The van der Waals surface area contributed by atoms with Gasteiger partial charge in [0.05, 0.1) is 22.7 Å². The monoisotopic (exact) mass is 482 g/mol. The quantitative estimate of drug-likeness (QED) is 0.403. The molecule has 4 rings (SSSR count). The zero-order chi connectivity index (χ0) is 26.6. The minimum Gasteiger partial charge on any atom is -0.511 e. The molecule has 0 radical (unpaired) electrons. The number of benzene rings is 1. The number of aryl methyl sites for hydroxylation is 1. The molecule has 8 heteroatoms. The lowest BCUT2D eigenvalue weighted by molar-refractivity contribution is -0.202. The van der Waals surface area contributed by atoms with E-state index >= 15 is 0 Å². The van der Waals surface area contributed by atoms with Crippen molar-refractivity contribution in [3.63, 3.8) is 0 Å². The Balaban J connectivity index is 2.20. The van der Waals surface area contributed by atoms with Crippen molar-refractivity contribution in [1.29, 1.82) is 0 Å². The molecule has 1 aromatic carbocycles. The fraction of sp³-hybridized carbons (Fsp3) is 0.444. The van der Waals surface area contributed by atoms with E-state index in [1.165, 1.54) is 19.9 Å². The summed E-state index contributed by atoms with van der Waals surface area (Å²) in [6.45, 7) is 13.1. The third-order valence-electron chi connectivity index (χ3n) is 8.54. The Hall–Kier alpha value is -3.23. The molecule has 0 saturated carbocycles. The molecular formula is C27H30O8. The van der Waals surface area contributed by atoms with Crippen LogP contribution >= 0.6 is 0 Å². The number of rotatable bonds is 2. The van der Waals surface area contributed by atoms with Crippen LogP contribution in [-0.2, 0) is 9.59 Å². The molecule has 8 nitrogen and oxygen atoms in total. The molecule has 0 spiro atoms. The zero-order valence-corrected chi connectivity index (χ0v) is 20.6. The van der Waals surface area contributed by atoms with Crippen molar-refractivity contribution in [2.24, 2.45) is 22.7 Å². The van der Waals surface area contributed by atoms with Crippen molar-refractivity contribution < 1.29 is 39.9 Å². The van der Waals surface area contributed by atoms with Gasteiger partial charge in [-0.1, -0.05) is 33.4 Å². The van der Waals surface area contributed by atoms with E-state index < -0.39 is 74.4 Å². The molecule has 3 aliphatic carbocycles. The van der Waals surface area contributed by atoms with Crippen LogP contribution in [0, 0.1) is 29.6 Å². The van der Waals surface area contributed by atoms with Crippen molar-refractivity contribution in [3.8, 4) is 5.75 Å². The first-order valence-electron chi connectivity index (χ1n) is 11.4. The van der Waals surface area contributed by atoms with Crippen LogP contribution in [0.2, 0.25) is 0 Å². The van der Waals surface area contributed by atoms with E-state index in [1.54, 1.807) is 26.8 Å². The minimum atomic E-state index is -2.91. The number of allylic oxidation sites excluding steroid dienone is 1. The van der Waals surface area contributed by atoms with Gasteiger partial charge in [-0.15, -0.1) is 0 Å². The van der Waals surface area contributed by atoms with Crippen molar-refractivity contribution in [2.45, 2.75) is 53.2 Å². The Morgan fingerprint density at radius 2 is 1.66 bits per heavy atom. The lowest BCUT2D eigenvalue weighted by atomic mass is 9.42. The molecule has 5 atom stereocenters. The van der Waals surface area contributed by atoms with Crippen LogP contribution in [0.1, 0.15) is 56.1 Å². The summed E-state index contributed by atoms with van der Waals surface area (Å²) in [5.74, 6) is -6.64. The predicted octanol–water partition coefficient (Wildman–Crippen LogP) is 3.10. The maximum Gasteiger partial charge on any atom is 0.209 e. The summed E-state index contributed by atoms with van der Waals surface area (Å²) in [5.41, 5.74) is -6.81. The summed E-state index contributed by atoms with van der Waals surface area (Å²) < 4.78 is 0. The first kappa shape index (κ1) is 24.9. The van der Waals surface area contributed by atoms with Gasteiger partial charge in [0.15, 0.2) is 17.2 Å². The van der Waals surface area contributed by atoms with Crippen molar-refractivity contribution in [3.05, 3.63) is 58.1 Å². The average Bonchev–Trinajstić information content (AvgIpc) is 2.75. The summed E-state index contributed by atoms with van der Waals surface area (Å²) in [6.07, 6.45) is -1.72. The molecule has 0 saturated heterocycles. The Kier molecular flexibility index (Phi) is 5.08. The molecule has 0 bridgehead atoms. The van der Waals surface area contributed by atoms with E-state index in [0.29, 0.717) is 11.1 Å². The number of phenolic OH excluding ortho intramolecular Hbond substituents is 1. The summed E-state index contributed by atoms with van der Waals surface area (Å²) in [5, 5.41) is 57.2. The van der Waals surface area contributed by atoms with Gasteiger partial charge in [-0.25, -0.2) is 0 Å². The molecule has 1 aromatic rings. The number of fused-ring (bicyclic) bond motifs is 3. The Morgan fingerprint density at radius 3 is 2.17 bits per heavy atom. The third kappa shape index (κ3) is 2.51. The number of carbonyl (C=O) groups is 3. The zero-order valence-electron chi connectivity index (χ0n) is 20.6. The van der Waals surface area contributed by atoms with Crippen LogP contribution in [0.15, 0.2) is 41.4 Å². The summed E-state index contributed by atoms with van der Waals surface area (Å²) in [7, 11) is 0. The number of carbonyl (C=O) groups excluding carboxylic acids is 3. The highest BCUT2D eigenvalue weighted by Gasteiger charge is 2.75. The van der Waals surface area contributed by atoms with Crippen LogP contribution in [-0.4, -0.2) is 54.6 Å². The maximum absolute atomic E-state index is 13.8. The van der Waals surface area contributed by atoms with Crippen molar-refractivity contribution >= 4 is 22.9 Å². The molecule has 0 amide bonds. The first-order chi connectivity index (χ1) is 16.0. The summed E-state index contributed by atoms with van der Waals surface area (Å²) >= 11 is 0. The number of aromatic hydroxyl groups is 1. The Morgan fingerprint density at radius 1 is 1.09 bits per heavy atom. The van der Waals surface area contributed by atoms with Gasteiger partial charge in [0.1, 0.15) is 22.8 Å². The van der Waals surface area contributed by atoms with Crippen molar-refractivity contribution in [2.75, 3.05) is 0 Å². The SMILES string of the molecule is C=C1c2c(C)ccc(O)c2C(=O)C2=C(O)[C@@]3(O)C(=O)C(C(C)=O)=C(O)C(C(C)C)[C@@]3(C)[C@H](O)[C@@]12C. The molecule has 3 aliphatic rings. The van der Waals surface area contributed by atoms with Crippen LogP contribution in [0.25, 0.3) is 5.57 Å². The molecule has 0 aliphatic heterocycles. The number of hydrogen-bond donors (Lipinski definition) is 5. The standard InChI is InChI=1S/C27H30O8/c1-10(2)18-20(30)16(13(5)28)22(32)27(35)23(33)19-21(31)17-14(29)9-8-11(3)15(17)12(4)25(19,6)24(34)26(18,27)7/h8-10,18,24,29-30,33-35H,4H2,1-3,5-7H3/t18?,24-,25+,26+,27+/m1/s1. The van der Waals surface area contributed by atoms with Gasteiger partial charge >= 0.3 is 0 Å². The van der Waals surface area contributed by atoms with E-state index in [2.05, 4.69) is 6.58 Å². The average molecular weight is 483 g/mol. The van der Waals surface area contributed by atoms with E-state index in [0.717, 1.165) is 6.92 Å². The number of phenols is 1. The molecule has 0 aromatic heterocycles. The fourth-order valence-corrected chi connectivity index (χ4v) is 6.81. The van der Waals surface area contributed by atoms with Gasteiger partial charge in [-0.2, -0.15) is 0 Å². The van der Waals surface area contributed by atoms with Crippen LogP contribution < -0.4 is 0 Å². The molecule has 1 unspecified atom stereocenters. The molecule has 186 valence electrons. The molecule has 5 N–H and O–H groups in total. The highest BCUT2D eigenvalue weighted by molar-refractivity contribution is 6.26. The maximum atomic E-state index is 13.8. The van der Waals surface area contributed by atoms with Gasteiger partial charge in [0.25, 0.3) is 0 Å². The van der Waals surface area contributed by atoms with E-state index in [9.17, 15) is 39.9 Å². The smallest absolute Gasteiger partial charge is 0.209 e. The largest absolute Gasteiger partial charge is 0.511 e. The van der Waals surface area contributed by atoms with Gasteiger partial charge in [0.2, 0.25) is 5.78 Å². The van der Waals surface area contributed by atoms with Gasteiger partial charge in [-0.05, 0) is 49.5 Å². The van der Waals surface area contributed by atoms with Gasteiger partial charge in [-0.3, -0.25) is 14.4 Å². The van der Waals surface area contributed by atoms with E-state index in [-0.39, 0.29) is 16.9 Å². The second kappa shape index (κ2) is 7.15. The minimum absolute atomic E-state index is 0.165. The molecule has 0 fully saturated rings. The second-order valence-electron chi connectivity index (χ2n) is 10.6. The lowest BCUT2D eigenvalue weighted by Crippen LogP contribution is -2.73. The fourth-order valence-electron chi connectivity index (χ4n) is 6.81.